The maximum atomic E-state index is 14.2. The summed E-state index contributed by atoms with van der Waals surface area (Å²) in [5, 5.41) is 25.0. The summed E-state index contributed by atoms with van der Waals surface area (Å²) in [6.07, 6.45) is 1.66. The van der Waals surface area contributed by atoms with Crippen molar-refractivity contribution in [3.05, 3.63) is 46.8 Å². The fourth-order valence-electron chi connectivity index (χ4n) is 3.54. The van der Waals surface area contributed by atoms with Gasteiger partial charge < -0.3 is 15.5 Å². The maximum absolute atomic E-state index is 14.2. The van der Waals surface area contributed by atoms with Crippen molar-refractivity contribution in [3.8, 4) is 5.69 Å². The van der Waals surface area contributed by atoms with E-state index < -0.39 is 36.8 Å². The minimum absolute atomic E-state index is 0.102. The Morgan fingerprint density at radius 1 is 1.36 bits per heavy atom. The van der Waals surface area contributed by atoms with Gasteiger partial charge in [-0.1, -0.05) is 0 Å². The van der Waals surface area contributed by atoms with Crippen LogP contribution in [0.1, 0.15) is 34.1 Å². The van der Waals surface area contributed by atoms with Crippen molar-refractivity contribution in [3.63, 3.8) is 0 Å². The largest absolute Gasteiger partial charge is 0.394 e. The molecule has 2 aliphatic carbocycles. The summed E-state index contributed by atoms with van der Waals surface area (Å²) in [4.78, 5) is 12.5. The third-order valence-corrected chi connectivity index (χ3v) is 4.89. The van der Waals surface area contributed by atoms with Gasteiger partial charge in [-0.3, -0.25) is 4.79 Å². The van der Waals surface area contributed by atoms with Crippen molar-refractivity contribution < 1.29 is 23.8 Å². The second-order valence-electron chi connectivity index (χ2n) is 6.56. The highest BCUT2D eigenvalue weighted by Gasteiger charge is 2.50. The molecule has 25 heavy (non-hydrogen) atoms. The van der Waals surface area contributed by atoms with Crippen molar-refractivity contribution in [2.24, 2.45) is 5.92 Å². The molecule has 1 aromatic heterocycles. The number of carbonyl (C=O) groups excluding carboxylic acids is 1. The topological polar surface area (TPSA) is 87.4 Å². The van der Waals surface area contributed by atoms with Gasteiger partial charge in [0.05, 0.1) is 24.9 Å². The average molecular weight is 349 g/mol. The van der Waals surface area contributed by atoms with Crippen LogP contribution in [0.15, 0.2) is 18.2 Å². The number of halogens is 2. The summed E-state index contributed by atoms with van der Waals surface area (Å²) in [5.74, 6) is -1.28. The number of carbonyl (C=O) groups is 1. The van der Waals surface area contributed by atoms with Gasteiger partial charge in [-0.05, 0) is 30.9 Å². The van der Waals surface area contributed by atoms with E-state index in [-0.39, 0.29) is 17.3 Å². The normalized spacial score (nSPS) is 20.5. The van der Waals surface area contributed by atoms with E-state index >= 15 is 0 Å². The van der Waals surface area contributed by atoms with Gasteiger partial charge >= 0.3 is 0 Å². The van der Waals surface area contributed by atoms with E-state index in [4.69, 9.17) is 10.2 Å². The Hall–Kier alpha value is -2.32. The lowest BCUT2D eigenvalue weighted by molar-refractivity contribution is 0.0873. The lowest BCUT2D eigenvalue weighted by atomic mass is 10.1. The zero-order valence-corrected chi connectivity index (χ0v) is 13.2. The number of aliphatic hydroxyl groups is 2. The van der Waals surface area contributed by atoms with E-state index in [9.17, 15) is 13.6 Å². The quantitative estimate of drug-likeness (QED) is 0.748. The number of nitrogens with zero attached hydrogens (tertiary/aromatic N) is 2. The summed E-state index contributed by atoms with van der Waals surface area (Å²) in [6, 6.07) is 2.46. The third kappa shape index (κ3) is 2.61. The molecule has 0 aliphatic heterocycles. The van der Waals surface area contributed by atoms with E-state index in [1.165, 1.54) is 10.7 Å². The highest BCUT2D eigenvalue weighted by Crippen LogP contribution is 2.57. The fraction of sp³-hybridized carbons (Fsp3) is 0.412. The molecule has 0 radical (unpaired) electrons. The van der Waals surface area contributed by atoms with Crippen LogP contribution in [0, 0.1) is 17.6 Å². The monoisotopic (exact) mass is 349 g/mol. The number of nitrogens with one attached hydrogen (secondary N) is 1. The van der Waals surface area contributed by atoms with Gasteiger partial charge in [0.2, 0.25) is 0 Å². The van der Waals surface area contributed by atoms with E-state index in [0.717, 1.165) is 29.8 Å². The molecule has 2 atom stereocenters. The molecule has 1 amide bonds. The first-order valence-electron chi connectivity index (χ1n) is 8.13. The Balaban J connectivity index is 1.76. The SMILES string of the molecule is O=C(NC(CO)CO)c1nn(-c2ccc(F)cc2F)c2c1C[C@H]1C[C@@H]21. The molecule has 2 aromatic rings. The first kappa shape index (κ1) is 16.2. The molecule has 1 heterocycles. The molecule has 1 fully saturated rings. The lowest BCUT2D eigenvalue weighted by Crippen LogP contribution is -2.40. The molecule has 4 rings (SSSR count). The zero-order valence-electron chi connectivity index (χ0n) is 13.2. The highest BCUT2D eigenvalue weighted by atomic mass is 19.1. The average Bonchev–Trinajstić information content (AvgIpc) is 3.09. The minimum Gasteiger partial charge on any atom is -0.394 e. The molecule has 0 spiro atoms. The number of aliphatic hydroxyl groups excluding tert-OH is 2. The lowest BCUT2D eigenvalue weighted by Gasteiger charge is -2.12. The number of hydrogen-bond acceptors (Lipinski definition) is 4. The van der Waals surface area contributed by atoms with Crippen LogP contribution in [0.4, 0.5) is 8.78 Å². The van der Waals surface area contributed by atoms with E-state index in [2.05, 4.69) is 10.4 Å². The molecule has 2 aliphatic rings. The van der Waals surface area contributed by atoms with Crippen LogP contribution in [-0.2, 0) is 6.42 Å². The molecule has 132 valence electrons. The number of fused-ring (bicyclic) bond motifs is 3. The van der Waals surface area contributed by atoms with Crippen molar-refractivity contribution in [2.75, 3.05) is 13.2 Å². The van der Waals surface area contributed by atoms with Crippen LogP contribution in [0.5, 0.6) is 0 Å². The van der Waals surface area contributed by atoms with Gasteiger partial charge in [-0.15, -0.1) is 0 Å². The van der Waals surface area contributed by atoms with Crippen LogP contribution in [0.2, 0.25) is 0 Å². The van der Waals surface area contributed by atoms with Gasteiger partial charge in [0.25, 0.3) is 5.91 Å². The molecule has 0 saturated heterocycles. The Bertz CT molecular complexity index is 848. The van der Waals surface area contributed by atoms with Crippen molar-refractivity contribution in [2.45, 2.75) is 24.8 Å². The second kappa shape index (κ2) is 5.89. The standard InChI is InChI=1S/C17H17F2N3O3/c18-9-1-2-14(13(19)5-9)22-16-11-3-8(11)4-12(16)15(21-22)17(25)20-10(6-23)7-24/h1-2,5,8,10-11,23-24H,3-4,6-7H2,(H,20,25)/t8-,11-/m1/s1. The first-order valence-corrected chi connectivity index (χ1v) is 8.13. The molecule has 0 unspecified atom stereocenters. The van der Waals surface area contributed by atoms with Gasteiger partial charge in [0.15, 0.2) is 11.5 Å². The van der Waals surface area contributed by atoms with Gasteiger partial charge in [-0.2, -0.15) is 5.10 Å². The summed E-state index contributed by atoms with van der Waals surface area (Å²) in [6.45, 7) is -0.800. The molecule has 1 saturated carbocycles. The minimum atomic E-state index is -0.785. The number of benzene rings is 1. The van der Waals surface area contributed by atoms with Gasteiger partial charge in [0.1, 0.15) is 11.5 Å². The molecule has 0 bridgehead atoms. The van der Waals surface area contributed by atoms with Crippen LogP contribution < -0.4 is 5.32 Å². The summed E-state index contributed by atoms with van der Waals surface area (Å²) >= 11 is 0. The number of hydrogen-bond donors (Lipinski definition) is 3. The maximum Gasteiger partial charge on any atom is 0.272 e. The van der Waals surface area contributed by atoms with Crippen LogP contribution in [0.25, 0.3) is 5.69 Å². The Morgan fingerprint density at radius 2 is 2.12 bits per heavy atom. The van der Waals surface area contributed by atoms with E-state index in [1.807, 2.05) is 0 Å². The first-order chi connectivity index (χ1) is 12.0. The summed E-state index contributed by atoms with van der Waals surface area (Å²) in [7, 11) is 0. The van der Waals surface area contributed by atoms with Crippen molar-refractivity contribution in [1.82, 2.24) is 15.1 Å². The Labute approximate surface area is 142 Å². The van der Waals surface area contributed by atoms with Crippen LogP contribution >= 0.6 is 0 Å². The van der Waals surface area contributed by atoms with Crippen molar-refractivity contribution in [1.29, 1.82) is 0 Å². The number of rotatable bonds is 5. The molecule has 6 nitrogen and oxygen atoms in total. The number of amides is 1. The molecular weight excluding hydrogens is 332 g/mol. The predicted molar refractivity (Wildman–Crippen MR) is 83.5 cm³/mol. The fourth-order valence-corrected chi connectivity index (χ4v) is 3.54. The highest BCUT2D eigenvalue weighted by molar-refractivity contribution is 5.94. The summed E-state index contributed by atoms with van der Waals surface area (Å²) < 4.78 is 28.8. The van der Waals surface area contributed by atoms with Crippen LogP contribution in [-0.4, -0.2) is 45.2 Å². The van der Waals surface area contributed by atoms with Gasteiger partial charge in [-0.25, -0.2) is 13.5 Å². The molecule has 1 aromatic carbocycles. The van der Waals surface area contributed by atoms with Crippen molar-refractivity contribution >= 4 is 5.91 Å². The smallest absolute Gasteiger partial charge is 0.272 e. The molecule has 8 heteroatoms. The van der Waals surface area contributed by atoms with Crippen LogP contribution in [0.3, 0.4) is 0 Å². The third-order valence-electron chi connectivity index (χ3n) is 4.89. The predicted octanol–water partition coefficient (Wildman–Crippen LogP) is 0.893. The molecule has 3 N–H and O–H groups in total. The second-order valence-corrected chi connectivity index (χ2v) is 6.56. The molecular formula is C17H17F2N3O3. The number of aromatic nitrogens is 2. The summed E-state index contributed by atoms with van der Waals surface area (Å²) in [5.41, 5.74) is 1.82. The zero-order chi connectivity index (χ0) is 17.7. The van der Waals surface area contributed by atoms with Gasteiger partial charge in [0, 0.05) is 17.5 Å². The Kier molecular flexibility index (Phi) is 3.81. The van der Waals surface area contributed by atoms with E-state index in [0.29, 0.717) is 12.3 Å². The Morgan fingerprint density at radius 3 is 2.80 bits per heavy atom. The van der Waals surface area contributed by atoms with E-state index in [1.54, 1.807) is 0 Å².